The number of rotatable bonds is 6. The minimum Gasteiger partial charge on any atom is -0.468 e. The molecule has 138 valence electrons. The summed E-state index contributed by atoms with van der Waals surface area (Å²) in [6.07, 6.45) is 0. The van der Waals surface area contributed by atoms with Gasteiger partial charge in [0.25, 0.3) is 0 Å². The van der Waals surface area contributed by atoms with Crippen molar-refractivity contribution in [1.29, 1.82) is 0 Å². The third-order valence-corrected chi connectivity index (χ3v) is 5.93. The SMILES string of the molecule is COC(=O)CNC(=O)CN1CCN(S(=O)(=O)c2ccc(C)cc2)CC1. The first-order valence-corrected chi connectivity index (χ1v) is 9.39. The Hall–Kier alpha value is -1.97. The van der Waals surface area contributed by atoms with E-state index in [9.17, 15) is 18.0 Å². The second-order valence-corrected chi connectivity index (χ2v) is 7.78. The van der Waals surface area contributed by atoms with Crippen LogP contribution in [0.5, 0.6) is 0 Å². The van der Waals surface area contributed by atoms with Gasteiger partial charge in [0.1, 0.15) is 6.54 Å². The lowest BCUT2D eigenvalue weighted by Gasteiger charge is -2.33. The van der Waals surface area contributed by atoms with Gasteiger partial charge in [0.05, 0.1) is 18.6 Å². The van der Waals surface area contributed by atoms with Crippen LogP contribution >= 0.6 is 0 Å². The summed E-state index contributed by atoms with van der Waals surface area (Å²) in [6, 6.07) is 6.76. The highest BCUT2D eigenvalue weighted by atomic mass is 32.2. The number of hydrogen-bond acceptors (Lipinski definition) is 6. The molecule has 1 amide bonds. The number of ether oxygens (including phenoxy) is 1. The van der Waals surface area contributed by atoms with E-state index in [0.717, 1.165) is 5.56 Å². The molecular formula is C16H23N3O5S. The molecule has 2 rings (SSSR count). The molecule has 0 unspecified atom stereocenters. The van der Waals surface area contributed by atoms with Gasteiger partial charge in [-0.05, 0) is 19.1 Å². The molecule has 0 saturated carbocycles. The fraction of sp³-hybridized carbons (Fsp3) is 0.500. The van der Waals surface area contributed by atoms with Gasteiger partial charge in [-0.1, -0.05) is 17.7 Å². The zero-order valence-electron chi connectivity index (χ0n) is 14.4. The number of benzene rings is 1. The standard InChI is InChI=1S/C16H23N3O5S/c1-13-3-5-14(6-4-13)25(22,23)19-9-7-18(8-10-19)12-15(20)17-11-16(21)24-2/h3-6H,7-12H2,1-2H3,(H,17,20). The minimum absolute atomic E-state index is 0.120. The van der Waals surface area contributed by atoms with Crippen molar-refractivity contribution < 1.29 is 22.7 Å². The number of carbonyl (C=O) groups excluding carboxylic acids is 2. The lowest BCUT2D eigenvalue weighted by molar-refractivity contribution is -0.141. The van der Waals surface area contributed by atoms with Gasteiger partial charge in [-0.15, -0.1) is 0 Å². The lowest BCUT2D eigenvalue weighted by Crippen LogP contribution is -2.51. The van der Waals surface area contributed by atoms with Crippen LogP contribution in [0.2, 0.25) is 0 Å². The van der Waals surface area contributed by atoms with Crippen molar-refractivity contribution in [3.63, 3.8) is 0 Å². The maximum atomic E-state index is 12.6. The zero-order chi connectivity index (χ0) is 18.4. The largest absolute Gasteiger partial charge is 0.468 e. The fourth-order valence-corrected chi connectivity index (χ4v) is 3.91. The Kier molecular flexibility index (Phi) is 6.51. The number of carbonyl (C=O) groups is 2. The van der Waals surface area contributed by atoms with Crippen LogP contribution in [0, 0.1) is 6.92 Å². The maximum absolute atomic E-state index is 12.6. The monoisotopic (exact) mass is 369 g/mol. The highest BCUT2D eigenvalue weighted by molar-refractivity contribution is 7.89. The van der Waals surface area contributed by atoms with E-state index in [2.05, 4.69) is 10.1 Å². The van der Waals surface area contributed by atoms with Crippen LogP contribution in [-0.4, -0.2) is 75.9 Å². The number of nitrogens with one attached hydrogen (secondary N) is 1. The highest BCUT2D eigenvalue weighted by Crippen LogP contribution is 2.18. The normalized spacial score (nSPS) is 16.4. The molecule has 1 aromatic rings. The molecule has 1 N–H and O–H groups in total. The third kappa shape index (κ3) is 5.25. The van der Waals surface area contributed by atoms with Gasteiger partial charge in [-0.2, -0.15) is 4.31 Å². The molecule has 1 aliphatic rings. The van der Waals surface area contributed by atoms with Crippen LogP contribution in [0.3, 0.4) is 0 Å². The van der Waals surface area contributed by atoms with Gasteiger partial charge in [-0.25, -0.2) is 8.42 Å². The van der Waals surface area contributed by atoms with Crippen molar-refractivity contribution in [3.8, 4) is 0 Å². The first-order chi connectivity index (χ1) is 11.8. The molecule has 0 radical (unpaired) electrons. The van der Waals surface area contributed by atoms with Crippen molar-refractivity contribution in [1.82, 2.24) is 14.5 Å². The van der Waals surface area contributed by atoms with Crippen molar-refractivity contribution in [2.75, 3.05) is 46.4 Å². The van der Waals surface area contributed by atoms with Crippen molar-refractivity contribution in [2.45, 2.75) is 11.8 Å². The fourth-order valence-electron chi connectivity index (χ4n) is 2.49. The van der Waals surface area contributed by atoms with Crippen LogP contribution in [0.1, 0.15) is 5.56 Å². The molecule has 0 aliphatic carbocycles. The Morgan fingerprint density at radius 1 is 1.12 bits per heavy atom. The number of piperazine rings is 1. The van der Waals surface area contributed by atoms with E-state index in [1.54, 1.807) is 24.3 Å². The summed E-state index contributed by atoms with van der Waals surface area (Å²) in [4.78, 5) is 24.9. The predicted octanol–water partition coefficient (Wildman–Crippen LogP) is -0.409. The van der Waals surface area contributed by atoms with E-state index in [1.807, 2.05) is 11.8 Å². The van der Waals surface area contributed by atoms with E-state index in [-0.39, 0.29) is 23.9 Å². The number of methoxy groups -OCH3 is 1. The van der Waals surface area contributed by atoms with E-state index in [4.69, 9.17) is 0 Å². The Morgan fingerprint density at radius 3 is 2.28 bits per heavy atom. The molecule has 1 aromatic carbocycles. The van der Waals surface area contributed by atoms with E-state index in [1.165, 1.54) is 11.4 Å². The number of hydrogen-bond donors (Lipinski definition) is 1. The third-order valence-electron chi connectivity index (χ3n) is 4.01. The topological polar surface area (TPSA) is 96.0 Å². The van der Waals surface area contributed by atoms with Gasteiger partial charge in [0, 0.05) is 26.2 Å². The van der Waals surface area contributed by atoms with Gasteiger partial charge >= 0.3 is 5.97 Å². The summed E-state index contributed by atoms with van der Waals surface area (Å²) < 4.78 is 31.1. The zero-order valence-corrected chi connectivity index (χ0v) is 15.2. The molecule has 0 spiro atoms. The Balaban J connectivity index is 1.85. The van der Waals surface area contributed by atoms with E-state index >= 15 is 0 Å². The van der Waals surface area contributed by atoms with Crippen molar-refractivity contribution in [2.24, 2.45) is 0 Å². The first-order valence-electron chi connectivity index (χ1n) is 7.95. The first kappa shape index (κ1) is 19.4. The van der Waals surface area contributed by atoms with Crippen LogP contribution in [0.25, 0.3) is 0 Å². The highest BCUT2D eigenvalue weighted by Gasteiger charge is 2.28. The molecule has 8 nitrogen and oxygen atoms in total. The Morgan fingerprint density at radius 2 is 1.72 bits per heavy atom. The van der Waals surface area contributed by atoms with Crippen LogP contribution in [0.15, 0.2) is 29.2 Å². The summed E-state index contributed by atoms with van der Waals surface area (Å²) in [6.45, 7) is 3.40. The maximum Gasteiger partial charge on any atom is 0.325 e. The quantitative estimate of drug-likeness (QED) is 0.685. The van der Waals surface area contributed by atoms with Gasteiger partial charge in [0.15, 0.2) is 0 Å². The molecular weight excluding hydrogens is 346 g/mol. The predicted molar refractivity (Wildman–Crippen MR) is 91.4 cm³/mol. The molecule has 25 heavy (non-hydrogen) atoms. The molecule has 0 aromatic heterocycles. The van der Waals surface area contributed by atoms with Crippen LogP contribution in [0.4, 0.5) is 0 Å². The summed E-state index contributed by atoms with van der Waals surface area (Å²) >= 11 is 0. The van der Waals surface area contributed by atoms with Gasteiger partial charge in [0.2, 0.25) is 15.9 Å². The molecule has 1 fully saturated rings. The molecule has 0 bridgehead atoms. The van der Waals surface area contributed by atoms with E-state index in [0.29, 0.717) is 26.2 Å². The molecule has 1 saturated heterocycles. The number of sulfonamides is 1. The van der Waals surface area contributed by atoms with E-state index < -0.39 is 16.0 Å². The Bertz CT molecular complexity index is 710. The van der Waals surface area contributed by atoms with Crippen molar-refractivity contribution in [3.05, 3.63) is 29.8 Å². The second kappa shape index (κ2) is 8.41. The average molecular weight is 369 g/mol. The number of nitrogens with zero attached hydrogens (tertiary/aromatic N) is 2. The lowest BCUT2D eigenvalue weighted by atomic mass is 10.2. The second-order valence-electron chi connectivity index (χ2n) is 5.85. The summed E-state index contributed by atoms with van der Waals surface area (Å²) in [5, 5.41) is 2.47. The molecule has 9 heteroatoms. The molecule has 1 aliphatic heterocycles. The van der Waals surface area contributed by atoms with Crippen LogP contribution < -0.4 is 5.32 Å². The smallest absolute Gasteiger partial charge is 0.325 e. The minimum atomic E-state index is -3.51. The number of aryl methyl sites for hydroxylation is 1. The molecule has 1 heterocycles. The number of amides is 1. The summed E-state index contributed by atoms with van der Waals surface area (Å²) in [5.74, 6) is -0.803. The summed E-state index contributed by atoms with van der Waals surface area (Å²) in [5.41, 5.74) is 1.00. The Labute approximate surface area is 147 Å². The number of esters is 1. The van der Waals surface area contributed by atoms with Gasteiger partial charge < -0.3 is 10.1 Å². The summed E-state index contributed by atoms with van der Waals surface area (Å²) in [7, 11) is -2.26. The molecule has 0 atom stereocenters. The average Bonchev–Trinajstić information content (AvgIpc) is 2.60. The van der Waals surface area contributed by atoms with Gasteiger partial charge in [-0.3, -0.25) is 14.5 Å². The van der Waals surface area contributed by atoms with Crippen molar-refractivity contribution >= 4 is 21.9 Å². The van der Waals surface area contributed by atoms with Crippen LogP contribution in [-0.2, 0) is 24.3 Å².